The zero-order valence-corrected chi connectivity index (χ0v) is 15.3. The molecule has 0 spiro atoms. The Kier molecular flexibility index (Phi) is 6.58. The first kappa shape index (κ1) is 18.2. The molecule has 0 aliphatic heterocycles. The Hall–Kier alpha value is -2.11. The fraction of sp³-hybridized carbons (Fsp3) is 0.111. The lowest BCUT2D eigenvalue weighted by molar-refractivity contribution is -0.117. The van der Waals surface area contributed by atoms with Gasteiger partial charge in [0.2, 0.25) is 0 Å². The van der Waals surface area contributed by atoms with Gasteiger partial charge in [-0.15, -0.1) is 0 Å². The maximum Gasteiger partial charge on any atom is 0.267 e. The van der Waals surface area contributed by atoms with E-state index in [4.69, 9.17) is 11.6 Å². The van der Waals surface area contributed by atoms with Crippen molar-refractivity contribution in [1.82, 2.24) is 10.6 Å². The number of hydrogen-bond donors (Lipinski definition) is 2. The number of hydrogen-bond acceptors (Lipinski definition) is 2. The van der Waals surface area contributed by atoms with Crippen LogP contribution in [-0.4, -0.2) is 18.4 Å². The highest BCUT2D eigenvalue weighted by Gasteiger charge is 2.15. The molecule has 0 bridgehead atoms. The highest BCUT2D eigenvalue weighted by molar-refractivity contribution is 9.10. The van der Waals surface area contributed by atoms with Crippen molar-refractivity contribution in [3.8, 4) is 0 Å². The van der Waals surface area contributed by atoms with E-state index in [1.54, 1.807) is 48.5 Å². The minimum atomic E-state index is -0.367. The maximum atomic E-state index is 12.4. The van der Waals surface area contributed by atoms with Gasteiger partial charge in [0.25, 0.3) is 11.8 Å². The Morgan fingerprint density at radius 3 is 2.42 bits per heavy atom. The van der Waals surface area contributed by atoms with Gasteiger partial charge in [-0.1, -0.05) is 35.9 Å². The average Bonchev–Trinajstić information content (AvgIpc) is 2.56. The Labute approximate surface area is 154 Å². The molecule has 0 saturated carbocycles. The van der Waals surface area contributed by atoms with Crippen molar-refractivity contribution in [2.45, 2.75) is 6.92 Å². The van der Waals surface area contributed by atoms with Gasteiger partial charge in [0, 0.05) is 16.0 Å². The summed E-state index contributed by atoms with van der Waals surface area (Å²) in [7, 11) is 0. The van der Waals surface area contributed by atoms with Crippen molar-refractivity contribution < 1.29 is 9.59 Å². The quantitative estimate of drug-likeness (QED) is 0.736. The third-order valence-electron chi connectivity index (χ3n) is 3.13. The van der Waals surface area contributed by atoms with Crippen LogP contribution in [0, 0.1) is 0 Å². The summed E-state index contributed by atoms with van der Waals surface area (Å²) in [6.45, 7) is 2.27. The van der Waals surface area contributed by atoms with Crippen molar-refractivity contribution in [1.29, 1.82) is 0 Å². The minimum absolute atomic E-state index is 0.167. The van der Waals surface area contributed by atoms with Gasteiger partial charge in [0.1, 0.15) is 5.70 Å². The molecule has 2 N–H and O–H groups in total. The molecule has 0 atom stereocenters. The number of nitrogens with one attached hydrogen (secondary N) is 2. The van der Waals surface area contributed by atoms with E-state index < -0.39 is 0 Å². The number of benzene rings is 2. The van der Waals surface area contributed by atoms with E-state index in [0.717, 1.165) is 5.56 Å². The molecule has 0 aliphatic carbocycles. The Morgan fingerprint density at radius 2 is 1.79 bits per heavy atom. The number of likely N-dealkylation sites (N-methyl/N-ethyl adjacent to an activating group) is 1. The van der Waals surface area contributed by atoms with Gasteiger partial charge in [0.15, 0.2) is 0 Å². The number of rotatable bonds is 5. The average molecular weight is 408 g/mol. The molecule has 2 aromatic carbocycles. The lowest BCUT2D eigenvalue weighted by Gasteiger charge is -2.11. The molecule has 0 aliphatic rings. The van der Waals surface area contributed by atoms with E-state index in [1.807, 2.05) is 13.0 Å². The first-order valence-corrected chi connectivity index (χ1v) is 8.49. The van der Waals surface area contributed by atoms with Crippen LogP contribution < -0.4 is 10.6 Å². The van der Waals surface area contributed by atoms with Gasteiger partial charge in [-0.2, -0.15) is 0 Å². The lowest BCUT2D eigenvalue weighted by atomic mass is 10.1. The summed E-state index contributed by atoms with van der Waals surface area (Å²) in [5.74, 6) is -0.721. The van der Waals surface area contributed by atoms with Crippen LogP contribution in [0.5, 0.6) is 0 Å². The van der Waals surface area contributed by atoms with E-state index in [2.05, 4.69) is 26.6 Å². The van der Waals surface area contributed by atoms with Crippen LogP contribution in [0.4, 0.5) is 0 Å². The van der Waals surface area contributed by atoms with Crippen molar-refractivity contribution in [2.24, 2.45) is 0 Å². The van der Waals surface area contributed by atoms with Crippen LogP contribution in [0.15, 0.2) is 58.7 Å². The summed E-state index contributed by atoms with van der Waals surface area (Å²) in [4.78, 5) is 24.7. The van der Waals surface area contributed by atoms with Crippen LogP contribution in [0.3, 0.4) is 0 Å². The molecule has 124 valence electrons. The second-order valence-electron chi connectivity index (χ2n) is 4.90. The van der Waals surface area contributed by atoms with Crippen LogP contribution in [0.2, 0.25) is 5.02 Å². The van der Waals surface area contributed by atoms with Crippen LogP contribution in [-0.2, 0) is 4.79 Å². The maximum absolute atomic E-state index is 12.4. The van der Waals surface area contributed by atoms with Crippen LogP contribution >= 0.6 is 27.5 Å². The molecule has 6 heteroatoms. The normalized spacial score (nSPS) is 11.0. The number of halogens is 2. The molecule has 2 amide bonds. The van der Waals surface area contributed by atoms with Crippen LogP contribution in [0.1, 0.15) is 22.8 Å². The van der Waals surface area contributed by atoms with E-state index in [1.165, 1.54) is 0 Å². The van der Waals surface area contributed by atoms with Crippen molar-refractivity contribution in [3.63, 3.8) is 0 Å². The van der Waals surface area contributed by atoms with E-state index in [0.29, 0.717) is 21.6 Å². The standard InChI is InChI=1S/C18H16BrClN2O2/c1-2-21-18(24)16(11-12-7-9-13(20)10-8-12)22-17(23)14-5-3-4-6-15(14)19/h3-11H,2H2,1H3,(H,21,24)(H,22,23)/b16-11+. The second-order valence-corrected chi connectivity index (χ2v) is 6.19. The molecule has 24 heavy (non-hydrogen) atoms. The number of carbonyl (C=O) groups excluding carboxylic acids is 2. The fourth-order valence-corrected chi connectivity index (χ4v) is 2.57. The third-order valence-corrected chi connectivity index (χ3v) is 4.07. The molecule has 0 saturated heterocycles. The molecule has 0 radical (unpaired) electrons. The smallest absolute Gasteiger partial charge is 0.267 e. The summed E-state index contributed by atoms with van der Waals surface area (Å²) >= 11 is 9.20. The Morgan fingerprint density at radius 1 is 1.12 bits per heavy atom. The van der Waals surface area contributed by atoms with Crippen LogP contribution in [0.25, 0.3) is 6.08 Å². The van der Waals surface area contributed by atoms with E-state index in [-0.39, 0.29) is 17.5 Å². The van der Waals surface area contributed by atoms with Gasteiger partial charge in [-0.05, 0) is 58.8 Å². The monoisotopic (exact) mass is 406 g/mol. The second kappa shape index (κ2) is 8.66. The van der Waals surface area contributed by atoms with Gasteiger partial charge < -0.3 is 10.6 Å². The third kappa shape index (κ3) is 4.94. The summed E-state index contributed by atoms with van der Waals surface area (Å²) in [5, 5.41) is 5.96. The Balaban J connectivity index is 2.29. The predicted molar refractivity (Wildman–Crippen MR) is 99.7 cm³/mol. The molecule has 0 fully saturated rings. The summed E-state index contributed by atoms with van der Waals surface area (Å²) in [6, 6.07) is 14.0. The highest BCUT2D eigenvalue weighted by Crippen LogP contribution is 2.17. The van der Waals surface area contributed by atoms with Gasteiger partial charge in [0.05, 0.1) is 5.56 Å². The molecular weight excluding hydrogens is 392 g/mol. The SMILES string of the molecule is CCNC(=O)/C(=C\c1ccc(Cl)cc1)NC(=O)c1ccccc1Br. The zero-order valence-electron chi connectivity index (χ0n) is 13.0. The molecule has 0 heterocycles. The van der Waals surface area contributed by atoms with Gasteiger partial charge in [-0.3, -0.25) is 9.59 Å². The molecule has 2 aromatic rings. The van der Waals surface area contributed by atoms with E-state index in [9.17, 15) is 9.59 Å². The molecule has 0 unspecified atom stereocenters. The van der Waals surface area contributed by atoms with Crippen molar-refractivity contribution >= 4 is 45.4 Å². The largest absolute Gasteiger partial charge is 0.351 e. The molecule has 2 rings (SSSR count). The van der Waals surface area contributed by atoms with Gasteiger partial charge in [-0.25, -0.2) is 0 Å². The van der Waals surface area contributed by atoms with Crippen molar-refractivity contribution in [2.75, 3.05) is 6.54 Å². The molecule has 4 nitrogen and oxygen atoms in total. The summed E-state index contributed by atoms with van der Waals surface area (Å²) in [5.41, 5.74) is 1.37. The number of carbonyl (C=O) groups is 2. The van der Waals surface area contributed by atoms with E-state index >= 15 is 0 Å². The first-order chi connectivity index (χ1) is 11.5. The highest BCUT2D eigenvalue weighted by atomic mass is 79.9. The summed E-state index contributed by atoms with van der Waals surface area (Å²) in [6.07, 6.45) is 1.61. The van der Waals surface area contributed by atoms with Gasteiger partial charge >= 0.3 is 0 Å². The Bertz CT molecular complexity index is 773. The zero-order chi connectivity index (χ0) is 17.5. The summed E-state index contributed by atoms with van der Waals surface area (Å²) < 4.78 is 0.657. The van der Waals surface area contributed by atoms with Crippen molar-refractivity contribution in [3.05, 3.63) is 74.9 Å². The molecule has 0 aromatic heterocycles. The first-order valence-electron chi connectivity index (χ1n) is 7.32. The molecular formula is C18H16BrClN2O2. The predicted octanol–water partition coefficient (Wildman–Crippen LogP) is 4.01. The fourth-order valence-electron chi connectivity index (χ4n) is 1.97. The lowest BCUT2D eigenvalue weighted by Crippen LogP contribution is -2.34. The minimum Gasteiger partial charge on any atom is -0.351 e. The topological polar surface area (TPSA) is 58.2 Å². The number of amides is 2.